The predicted octanol–water partition coefficient (Wildman–Crippen LogP) is 2.43. The molecule has 1 unspecified atom stereocenters. The molecule has 3 rings (SSSR count). The molecule has 0 aliphatic rings. The van der Waals surface area contributed by atoms with Gasteiger partial charge >= 0.3 is 0 Å². The molecular weight excluding hydrogens is 490 g/mol. The lowest BCUT2D eigenvalue weighted by atomic mass is 10.0. The first kappa shape index (κ1) is 23.9. The summed E-state index contributed by atoms with van der Waals surface area (Å²) in [5.74, 6) is -0.482. The van der Waals surface area contributed by atoms with Crippen LogP contribution in [-0.2, 0) is 13.0 Å². The van der Waals surface area contributed by atoms with Crippen molar-refractivity contribution in [1.29, 1.82) is 5.26 Å². The van der Waals surface area contributed by atoms with E-state index in [4.69, 9.17) is 4.74 Å². The number of amides is 2. The number of pyridine rings is 1. The molecule has 0 bridgehead atoms. The van der Waals surface area contributed by atoms with E-state index >= 15 is 0 Å². The Hall–Kier alpha value is -3.78. The molecule has 2 aromatic heterocycles. The number of methoxy groups -OCH3 is 1. The number of ether oxygens (including phenoxy) is 1. The Morgan fingerprint density at radius 1 is 1.24 bits per heavy atom. The predicted molar refractivity (Wildman–Crippen MR) is 122 cm³/mol. The van der Waals surface area contributed by atoms with Gasteiger partial charge in [0.05, 0.1) is 30.4 Å². The maximum Gasteiger partial charge on any atom is 0.274 e. The van der Waals surface area contributed by atoms with Gasteiger partial charge < -0.3 is 15.4 Å². The first-order valence-electron chi connectivity index (χ1n) is 10.1. The standard InChI is InChI=1S/C22H22BrN7O3/c1-3-14-4-6-15(7-5-14)18(10-24)27-22(32)19-13-30(29-28-19)9-8-26-21(31)16-11-25-12-17(23)20(16)33-2/h4-7,11-13,18H,3,8-9H2,1-2H3,(H,26,31)(H,27,32). The van der Waals surface area contributed by atoms with Crippen LogP contribution in [0.3, 0.4) is 0 Å². The summed E-state index contributed by atoms with van der Waals surface area (Å²) in [4.78, 5) is 28.9. The van der Waals surface area contributed by atoms with Gasteiger partial charge in [-0.05, 0) is 33.5 Å². The van der Waals surface area contributed by atoms with Crippen molar-refractivity contribution >= 4 is 27.7 Å². The summed E-state index contributed by atoms with van der Waals surface area (Å²) >= 11 is 3.29. The summed E-state index contributed by atoms with van der Waals surface area (Å²) in [6.45, 7) is 2.57. The van der Waals surface area contributed by atoms with E-state index in [0.717, 1.165) is 12.0 Å². The van der Waals surface area contributed by atoms with Crippen LogP contribution in [0.2, 0.25) is 0 Å². The lowest BCUT2D eigenvalue weighted by Gasteiger charge is -2.11. The number of hydrogen-bond donors (Lipinski definition) is 2. The van der Waals surface area contributed by atoms with E-state index in [1.165, 1.54) is 30.4 Å². The Morgan fingerprint density at radius 2 is 2.00 bits per heavy atom. The van der Waals surface area contributed by atoms with Crippen molar-refractivity contribution in [3.05, 3.63) is 69.7 Å². The molecule has 2 N–H and O–H groups in total. The van der Waals surface area contributed by atoms with E-state index in [2.05, 4.69) is 47.9 Å². The zero-order valence-corrected chi connectivity index (χ0v) is 19.7. The Bertz CT molecular complexity index is 1170. The fraction of sp³-hybridized carbons (Fsp3) is 0.273. The van der Waals surface area contributed by atoms with Gasteiger partial charge in [0.25, 0.3) is 11.8 Å². The third-order valence-electron chi connectivity index (χ3n) is 4.83. The van der Waals surface area contributed by atoms with Crippen molar-refractivity contribution in [2.45, 2.75) is 25.9 Å². The van der Waals surface area contributed by atoms with Gasteiger partial charge in [-0.2, -0.15) is 5.26 Å². The molecule has 170 valence electrons. The Balaban J connectivity index is 1.56. The first-order chi connectivity index (χ1) is 16.0. The summed E-state index contributed by atoms with van der Waals surface area (Å²) in [5, 5.41) is 22.6. The van der Waals surface area contributed by atoms with E-state index in [1.807, 2.05) is 31.2 Å². The number of aryl methyl sites for hydroxylation is 1. The van der Waals surface area contributed by atoms with E-state index in [1.54, 1.807) is 0 Å². The molecule has 0 radical (unpaired) electrons. The Kier molecular flexibility index (Phi) is 8.10. The zero-order valence-electron chi connectivity index (χ0n) is 18.1. The molecule has 3 aromatic rings. The monoisotopic (exact) mass is 511 g/mol. The minimum absolute atomic E-state index is 0.0737. The van der Waals surface area contributed by atoms with Crippen molar-refractivity contribution in [2.75, 3.05) is 13.7 Å². The van der Waals surface area contributed by atoms with Gasteiger partial charge in [-0.25, -0.2) is 4.68 Å². The number of halogens is 1. The second-order valence-electron chi connectivity index (χ2n) is 6.96. The maximum atomic E-state index is 12.5. The second-order valence-corrected chi connectivity index (χ2v) is 7.81. The van der Waals surface area contributed by atoms with Crippen molar-refractivity contribution in [1.82, 2.24) is 30.6 Å². The number of rotatable bonds is 9. The highest BCUT2D eigenvalue weighted by atomic mass is 79.9. The van der Waals surface area contributed by atoms with Gasteiger partial charge in [0.2, 0.25) is 0 Å². The molecule has 0 fully saturated rings. The first-order valence-corrected chi connectivity index (χ1v) is 10.9. The van der Waals surface area contributed by atoms with Crippen LogP contribution in [-0.4, -0.2) is 45.4 Å². The average Bonchev–Trinajstić information content (AvgIpc) is 3.31. The van der Waals surface area contributed by atoms with Gasteiger partial charge in [0, 0.05) is 18.9 Å². The van der Waals surface area contributed by atoms with Crippen molar-refractivity contribution in [2.24, 2.45) is 0 Å². The van der Waals surface area contributed by atoms with Gasteiger partial charge in [-0.1, -0.05) is 36.4 Å². The smallest absolute Gasteiger partial charge is 0.274 e. The van der Waals surface area contributed by atoms with Gasteiger partial charge in [0.1, 0.15) is 17.4 Å². The molecule has 0 aliphatic heterocycles. The molecular formula is C22H22BrN7O3. The van der Waals surface area contributed by atoms with Crippen molar-refractivity contribution < 1.29 is 14.3 Å². The molecule has 33 heavy (non-hydrogen) atoms. The molecule has 0 saturated heterocycles. The third kappa shape index (κ3) is 5.93. The second kappa shape index (κ2) is 11.2. The highest BCUT2D eigenvalue weighted by molar-refractivity contribution is 9.10. The number of nitrogens with zero attached hydrogens (tertiary/aromatic N) is 5. The van der Waals surface area contributed by atoms with Crippen LogP contribution in [0.15, 0.2) is 47.3 Å². The number of benzene rings is 1. The van der Waals surface area contributed by atoms with E-state index in [0.29, 0.717) is 21.3 Å². The summed E-state index contributed by atoms with van der Waals surface area (Å²) in [6.07, 6.45) is 5.30. The van der Waals surface area contributed by atoms with Crippen LogP contribution < -0.4 is 15.4 Å². The third-order valence-corrected chi connectivity index (χ3v) is 5.39. The molecule has 2 heterocycles. The summed E-state index contributed by atoms with van der Waals surface area (Å²) < 4.78 is 7.24. The maximum absolute atomic E-state index is 12.5. The summed E-state index contributed by atoms with van der Waals surface area (Å²) in [6, 6.07) is 8.78. The van der Waals surface area contributed by atoms with Crippen LogP contribution in [0.25, 0.3) is 0 Å². The number of carbonyl (C=O) groups is 2. The molecule has 0 saturated carbocycles. The number of nitriles is 1. The number of carbonyl (C=O) groups excluding carboxylic acids is 2. The highest BCUT2D eigenvalue weighted by Crippen LogP contribution is 2.27. The van der Waals surface area contributed by atoms with E-state index in [9.17, 15) is 14.9 Å². The lowest BCUT2D eigenvalue weighted by Crippen LogP contribution is -2.28. The summed E-state index contributed by atoms with van der Waals surface area (Å²) in [7, 11) is 1.47. The molecule has 1 aromatic carbocycles. The van der Waals surface area contributed by atoms with Gasteiger partial charge in [-0.15, -0.1) is 5.10 Å². The minimum Gasteiger partial charge on any atom is -0.495 e. The Morgan fingerprint density at radius 3 is 2.67 bits per heavy atom. The molecule has 10 nitrogen and oxygen atoms in total. The van der Waals surface area contributed by atoms with Gasteiger partial charge in [0.15, 0.2) is 5.69 Å². The Labute approximate surface area is 199 Å². The minimum atomic E-state index is -0.804. The van der Waals surface area contributed by atoms with Crippen molar-refractivity contribution in [3.63, 3.8) is 0 Å². The van der Waals surface area contributed by atoms with Crippen LogP contribution in [0.5, 0.6) is 5.75 Å². The largest absolute Gasteiger partial charge is 0.495 e. The summed E-state index contributed by atoms with van der Waals surface area (Å²) in [5.41, 5.74) is 2.20. The average molecular weight is 512 g/mol. The normalized spacial score (nSPS) is 11.3. The quantitative estimate of drug-likeness (QED) is 0.450. The zero-order chi connectivity index (χ0) is 23.8. The van der Waals surface area contributed by atoms with Crippen LogP contribution in [0.4, 0.5) is 0 Å². The molecule has 1 atom stereocenters. The SMILES string of the molecule is CCc1ccc(C(C#N)NC(=O)c2cn(CCNC(=O)c3cncc(Br)c3OC)nn2)cc1. The van der Waals surface area contributed by atoms with Gasteiger partial charge in [-0.3, -0.25) is 14.6 Å². The molecule has 0 aliphatic carbocycles. The highest BCUT2D eigenvalue weighted by Gasteiger charge is 2.18. The lowest BCUT2D eigenvalue weighted by molar-refractivity contribution is 0.0934. The van der Waals surface area contributed by atoms with Crippen LogP contribution in [0, 0.1) is 11.3 Å². The van der Waals surface area contributed by atoms with Crippen LogP contribution >= 0.6 is 15.9 Å². The molecule has 2 amide bonds. The van der Waals surface area contributed by atoms with Crippen LogP contribution in [0.1, 0.15) is 44.9 Å². The van der Waals surface area contributed by atoms with E-state index in [-0.39, 0.29) is 24.7 Å². The number of aromatic nitrogens is 4. The fourth-order valence-corrected chi connectivity index (χ4v) is 3.52. The number of nitrogens with one attached hydrogen (secondary N) is 2. The van der Waals surface area contributed by atoms with Crippen molar-refractivity contribution in [3.8, 4) is 11.8 Å². The molecule has 0 spiro atoms. The topological polar surface area (TPSA) is 135 Å². The molecule has 11 heteroatoms. The fourth-order valence-electron chi connectivity index (χ4n) is 3.02. The number of hydrogen-bond acceptors (Lipinski definition) is 7. The van der Waals surface area contributed by atoms with E-state index < -0.39 is 11.9 Å².